The van der Waals surface area contributed by atoms with Crippen LogP contribution >= 0.6 is 0 Å². The van der Waals surface area contributed by atoms with E-state index in [-0.39, 0.29) is 23.6 Å². The van der Waals surface area contributed by atoms with Crippen LogP contribution in [-0.2, 0) is 6.42 Å². The predicted octanol–water partition coefficient (Wildman–Crippen LogP) is 6.20. The number of fused-ring (bicyclic) bond motifs is 4. The maximum absolute atomic E-state index is 13.4. The normalized spacial score (nSPS) is 30.7. The molecule has 0 amide bonds. The van der Waals surface area contributed by atoms with Gasteiger partial charge in [0.2, 0.25) is 0 Å². The molecule has 0 spiro atoms. The Kier molecular flexibility index (Phi) is 4.28. The number of benzene rings is 1. The molecule has 30 heavy (non-hydrogen) atoms. The number of hydrogen-bond acceptors (Lipinski definition) is 1. The van der Waals surface area contributed by atoms with Crippen LogP contribution in [0.3, 0.4) is 0 Å². The van der Waals surface area contributed by atoms with Gasteiger partial charge in [-0.1, -0.05) is 24.1 Å². The highest BCUT2D eigenvalue weighted by atomic mass is 19.4. The summed E-state index contributed by atoms with van der Waals surface area (Å²) in [5.41, 5.74) is 4.70. The molecule has 1 saturated carbocycles. The Morgan fingerprint density at radius 1 is 1.20 bits per heavy atom. The van der Waals surface area contributed by atoms with Gasteiger partial charge in [0.15, 0.2) is 0 Å². The van der Waals surface area contributed by atoms with Gasteiger partial charge in [0.05, 0.1) is 23.5 Å². The summed E-state index contributed by atoms with van der Waals surface area (Å²) in [5, 5.41) is 4.51. The molecule has 0 saturated heterocycles. The van der Waals surface area contributed by atoms with Crippen molar-refractivity contribution in [2.75, 3.05) is 0 Å². The molecule has 1 fully saturated rings. The Balaban J connectivity index is 1.53. The summed E-state index contributed by atoms with van der Waals surface area (Å²) in [6, 6.07) is 6.18. The third kappa shape index (κ3) is 2.87. The fraction of sp³-hybridized carbons (Fsp3) is 0.417. The van der Waals surface area contributed by atoms with E-state index in [2.05, 4.69) is 18.1 Å². The molecule has 1 aromatic heterocycles. The largest absolute Gasteiger partial charge is 0.392 e. The van der Waals surface area contributed by atoms with Crippen molar-refractivity contribution in [1.82, 2.24) is 9.78 Å². The van der Waals surface area contributed by atoms with Crippen molar-refractivity contribution in [2.24, 2.45) is 23.2 Å². The molecule has 1 heterocycles. The van der Waals surface area contributed by atoms with Gasteiger partial charge in [0.1, 0.15) is 5.82 Å². The van der Waals surface area contributed by atoms with E-state index >= 15 is 0 Å². The quantitative estimate of drug-likeness (QED) is 0.401. The molecule has 0 unspecified atom stereocenters. The SMILES string of the molecule is [CH][C@H]1[C@H](C(F)(F)F)CC=C2[C@@H]1CCC1=Cc3c(cnn3-c3ccc(F)cc3)C[C@@]12C. The Bertz CT molecular complexity index is 1040. The molecule has 3 aliphatic carbocycles. The first-order chi connectivity index (χ1) is 14.2. The molecule has 0 bridgehead atoms. The predicted molar refractivity (Wildman–Crippen MR) is 106 cm³/mol. The zero-order valence-electron chi connectivity index (χ0n) is 16.6. The van der Waals surface area contributed by atoms with E-state index in [0.29, 0.717) is 19.3 Å². The molecule has 2 nitrogen and oxygen atoms in total. The van der Waals surface area contributed by atoms with Gasteiger partial charge in [0, 0.05) is 5.41 Å². The average Bonchev–Trinajstić information content (AvgIpc) is 3.08. The second-order valence-electron chi connectivity index (χ2n) is 8.89. The van der Waals surface area contributed by atoms with Crippen LogP contribution in [0.25, 0.3) is 11.8 Å². The van der Waals surface area contributed by atoms with Crippen LogP contribution in [0.4, 0.5) is 17.6 Å². The van der Waals surface area contributed by atoms with E-state index in [4.69, 9.17) is 6.92 Å². The lowest BCUT2D eigenvalue weighted by Crippen LogP contribution is -2.44. The zero-order chi connectivity index (χ0) is 21.3. The smallest absolute Gasteiger partial charge is 0.233 e. The van der Waals surface area contributed by atoms with E-state index < -0.39 is 18.0 Å². The minimum Gasteiger partial charge on any atom is -0.233 e. The molecule has 0 aliphatic heterocycles. The summed E-state index contributed by atoms with van der Waals surface area (Å²) < 4.78 is 55.3. The molecule has 2 radical (unpaired) electrons. The number of nitrogens with zero attached hydrogens (tertiary/aromatic N) is 2. The van der Waals surface area contributed by atoms with Gasteiger partial charge >= 0.3 is 6.18 Å². The standard InChI is InChI=1S/C24H22F4N2/c1-14-19-8-3-16-11-22-15(13-29-30(22)18-6-4-17(25)5-7-18)12-23(16,2)21(19)10-9-20(14)24(26,27)28/h1,4-7,10-11,13-14,19-20H,3,8-9,12H2,2H3/t14-,19-,20-,23+/m1/s1. The Hall–Kier alpha value is -2.37. The molecule has 6 heteroatoms. The van der Waals surface area contributed by atoms with Gasteiger partial charge in [-0.2, -0.15) is 18.3 Å². The van der Waals surface area contributed by atoms with E-state index in [1.165, 1.54) is 17.7 Å². The van der Waals surface area contributed by atoms with E-state index in [1.807, 2.05) is 6.20 Å². The third-order valence-electron chi connectivity index (χ3n) is 7.22. The highest BCUT2D eigenvalue weighted by molar-refractivity contribution is 5.63. The number of halogens is 4. The highest BCUT2D eigenvalue weighted by Gasteiger charge is 2.52. The van der Waals surface area contributed by atoms with E-state index in [9.17, 15) is 17.6 Å². The Morgan fingerprint density at radius 3 is 2.63 bits per heavy atom. The van der Waals surface area contributed by atoms with E-state index in [0.717, 1.165) is 22.5 Å². The topological polar surface area (TPSA) is 17.8 Å². The van der Waals surface area contributed by atoms with Gasteiger partial charge in [-0.15, -0.1) is 0 Å². The number of alkyl halides is 3. The van der Waals surface area contributed by atoms with Crippen molar-refractivity contribution in [3.8, 4) is 5.69 Å². The van der Waals surface area contributed by atoms with Crippen molar-refractivity contribution < 1.29 is 17.6 Å². The molecular formula is C24H22F4N2. The van der Waals surface area contributed by atoms with Crippen LogP contribution in [0.5, 0.6) is 0 Å². The Morgan fingerprint density at radius 2 is 1.93 bits per heavy atom. The first-order valence-electron chi connectivity index (χ1n) is 10.3. The monoisotopic (exact) mass is 414 g/mol. The highest BCUT2D eigenvalue weighted by Crippen LogP contribution is 2.58. The Labute approximate surface area is 173 Å². The van der Waals surface area contributed by atoms with Gasteiger partial charge in [-0.25, -0.2) is 9.07 Å². The molecule has 156 valence electrons. The second kappa shape index (κ2) is 6.56. The fourth-order valence-electron chi connectivity index (χ4n) is 5.62. The number of rotatable bonds is 1. The molecule has 5 rings (SSSR count). The third-order valence-corrected chi connectivity index (χ3v) is 7.22. The summed E-state index contributed by atoms with van der Waals surface area (Å²) in [7, 11) is 0. The number of aromatic nitrogens is 2. The summed E-state index contributed by atoms with van der Waals surface area (Å²) in [4.78, 5) is 0. The lowest BCUT2D eigenvalue weighted by Gasteiger charge is -2.50. The van der Waals surface area contributed by atoms with Gasteiger partial charge in [-0.3, -0.25) is 0 Å². The first-order valence-corrected chi connectivity index (χ1v) is 10.3. The van der Waals surface area contributed by atoms with Crippen molar-refractivity contribution >= 4 is 6.08 Å². The van der Waals surface area contributed by atoms with Crippen LogP contribution in [0.2, 0.25) is 0 Å². The molecule has 3 aliphatic rings. The van der Waals surface area contributed by atoms with E-state index in [1.54, 1.807) is 22.9 Å². The molecule has 0 N–H and O–H groups in total. The van der Waals surface area contributed by atoms with Crippen LogP contribution < -0.4 is 0 Å². The molecule has 1 aromatic carbocycles. The molecular weight excluding hydrogens is 392 g/mol. The van der Waals surface area contributed by atoms with Crippen LogP contribution in [0.15, 0.2) is 47.7 Å². The van der Waals surface area contributed by atoms with Gasteiger partial charge in [0.25, 0.3) is 0 Å². The lowest BCUT2D eigenvalue weighted by atomic mass is 9.54. The van der Waals surface area contributed by atoms with Crippen LogP contribution in [0, 0.1) is 35.9 Å². The lowest BCUT2D eigenvalue weighted by molar-refractivity contribution is -0.190. The number of hydrogen-bond donors (Lipinski definition) is 0. The summed E-state index contributed by atoms with van der Waals surface area (Å²) in [5.74, 6) is -2.92. The second-order valence-corrected chi connectivity index (χ2v) is 8.89. The minimum atomic E-state index is -4.27. The van der Waals surface area contributed by atoms with Crippen LogP contribution in [-0.4, -0.2) is 16.0 Å². The summed E-state index contributed by atoms with van der Waals surface area (Å²) in [6.07, 6.45) is 3.42. The van der Waals surface area contributed by atoms with Crippen LogP contribution in [0.1, 0.15) is 37.4 Å². The van der Waals surface area contributed by atoms with Crippen molar-refractivity contribution in [1.29, 1.82) is 0 Å². The zero-order valence-corrected chi connectivity index (χ0v) is 16.6. The molecule has 2 aromatic rings. The maximum atomic E-state index is 13.4. The minimum absolute atomic E-state index is 0.0545. The first kappa shape index (κ1) is 19.6. The van der Waals surface area contributed by atoms with Crippen molar-refractivity contribution in [2.45, 2.75) is 38.8 Å². The molecule has 4 atom stereocenters. The average molecular weight is 414 g/mol. The van der Waals surface area contributed by atoms with Gasteiger partial charge < -0.3 is 0 Å². The van der Waals surface area contributed by atoms with Gasteiger partial charge in [-0.05, 0) is 80.3 Å². The fourth-order valence-corrected chi connectivity index (χ4v) is 5.62. The van der Waals surface area contributed by atoms with Crippen molar-refractivity contribution in [3.05, 3.63) is 71.7 Å². The maximum Gasteiger partial charge on any atom is 0.392 e. The summed E-state index contributed by atoms with van der Waals surface area (Å²) >= 11 is 0. The van der Waals surface area contributed by atoms with Crippen molar-refractivity contribution in [3.63, 3.8) is 0 Å². The summed E-state index contributed by atoms with van der Waals surface area (Å²) in [6.45, 7) is 8.28. The number of allylic oxidation sites excluding steroid dienone is 3.